The zero-order valence-corrected chi connectivity index (χ0v) is 13.4. The van der Waals surface area contributed by atoms with E-state index in [0.717, 1.165) is 0 Å². The molecule has 0 aliphatic heterocycles. The molecule has 26 heavy (non-hydrogen) atoms. The van der Waals surface area contributed by atoms with Crippen LogP contribution in [0.25, 0.3) is 33.1 Å². The van der Waals surface area contributed by atoms with Crippen molar-refractivity contribution in [1.82, 2.24) is 20.2 Å². The van der Waals surface area contributed by atoms with Crippen molar-refractivity contribution in [2.45, 2.75) is 6.92 Å². The first-order valence-corrected chi connectivity index (χ1v) is 7.61. The molecule has 0 saturated carbocycles. The van der Waals surface area contributed by atoms with Crippen LogP contribution in [0.15, 0.2) is 35.1 Å². The largest absolute Gasteiger partial charge is 0.465 e. The van der Waals surface area contributed by atoms with Crippen LogP contribution < -0.4 is 10.9 Å². The fourth-order valence-corrected chi connectivity index (χ4v) is 2.97. The van der Waals surface area contributed by atoms with Gasteiger partial charge >= 0.3 is 6.09 Å². The van der Waals surface area contributed by atoms with E-state index in [0.29, 0.717) is 38.6 Å². The number of aromatic nitrogens is 4. The number of H-pyrrole nitrogens is 2. The predicted molar refractivity (Wildman–Crippen MR) is 93.8 cm³/mol. The van der Waals surface area contributed by atoms with Gasteiger partial charge in [-0.25, -0.2) is 19.3 Å². The van der Waals surface area contributed by atoms with Crippen molar-refractivity contribution < 1.29 is 14.3 Å². The average molecular weight is 353 g/mol. The molecule has 0 unspecified atom stereocenters. The second-order valence-corrected chi connectivity index (χ2v) is 5.74. The van der Waals surface area contributed by atoms with Gasteiger partial charge in [-0.15, -0.1) is 0 Å². The van der Waals surface area contributed by atoms with E-state index in [4.69, 9.17) is 5.11 Å². The first kappa shape index (κ1) is 15.8. The number of imidazole rings is 1. The number of benzene rings is 2. The Morgan fingerprint density at radius 1 is 1.23 bits per heavy atom. The van der Waals surface area contributed by atoms with Crippen LogP contribution in [0.2, 0.25) is 0 Å². The van der Waals surface area contributed by atoms with E-state index in [1.807, 2.05) is 0 Å². The summed E-state index contributed by atoms with van der Waals surface area (Å²) in [6, 6.07) is 7.36. The molecule has 4 aromatic rings. The lowest BCUT2D eigenvalue weighted by Crippen LogP contribution is -2.10. The van der Waals surface area contributed by atoms with E-state index in [1.165, 1.54) is 18.2 Å². The van der Waals surface area contributed by atoms with E-state index in [2.05, 4.69) is 25.5 Å². The van der Waals surface area contributed by atoms with Crippen molar-refractivity contribution in [1.29, 1.82) is 0 Å². The molecule has 0 bridgehead atoms. The van der Waals surface area contributed by atoms with Crippen molar-refractivity contribution in [3.05, 3.63) is 52.1 Å². The predicted octanol–water partition coefficient (Wildman–Crippen LogP) is 3.00. The van der Waals surface area contributed by atoms with Gasteiger partial charge in [0.2, 0.25) is 5.95 Å². The van der Waals surface area contributed by atoms with Crippen molar-refractivity contribution in [2.75, 3.05) is 5.32 Å². The number of aryl methyl sites for hydroxylation is 1. The molecule has 0 spiro atoms. The summed E-state index contributed by atoms with van der Waals surface area (Å²) >= 11 is 0. The number of carboxylic acid groups (broad SMARTS) is 1. The van der Waals surface area contributed by atoms with E-state index in [1.54, 1.807) is 19.1 Å². The molecule has 2 aromatic heterocycles. The van der Waals surface area contributed by atoms with Gasteiger partial charge in [0, 0.05) is 10.9 Å². The maximum atomic E-state index is 13.7. The molecular formula is C17H12FN5O3. The number of fused-ring (bicyclic) bond motifs is 2. The van der Waals surface area contributed by atoms with E-state index < -0.39 is 17.5 Å². The highest BCUT2D eigenvalue weighted by atomic mass is 19.1. The minimum absolute atomic E-state index is 0.0954. The van der Waals surface area contributed by atoms with Gasteiger partial charge in [-0.2, -0.15) is 5.10 Å². The summed E-state index contributed by atoms with van der Waals surface area (Å²) in [4.78, 5) is 29.8. The lowest BCUT2D eigenvalue weighted by molar-refractivity contribution is 0.209. The fourth-order valence-electron chi connectivity index (χ4n) is 2.97. The van der Waals surface area contributed by atoms with E-state index in [-0.39, 0.29) is 5.95 Å². The Hall–Kier alpha value is -3.75. The molecule has 0 fully saturated rings. The average Bonchev–Trinajstić information content (AvgIpc) is 2.99. The summed E-state index contributed by atoms with van der Waals surface area (Å²) < 4.78 is 13.7. The van der Waals surface area contributed by atoms with Crippen LogP contribution in [-0.4, -0.2) is 31.4 Å². The quantitative estimate of drug-likeness (QED) is 0.441. The van der Waals surface area contributed by atoms with Gasteiger partial charge in [-0.3, -0.25) is 10.1 Å². The van der Waals surface area contributed by atoms with Crippen molar-refractivity contribution in [3.63, 3.8) is 0 Å². The highest BCUT2D eigenvalue weighted by molar-refractivity contribution is 5.98. The van der Waals surface area contributed by atoms with Crippen LogP contribution >= 0.6 is 0 Å². The first-order chi connectivity index (χ1) is 12.4. The van der Waals surface area contributed by atoms with Crippen molar-refractivity contribution in [3.8, 4) is 11.3 Å². The molecule has 0 atom stereocenters. The topological polar surface area (TPSA) is 124 Å². The molecule has 2 aromatic carbocycles. The van der Waals surface area contributed by atoms with Crippen molar-refractivity contribution >= 4 is 33.8 Å². The van der Waals surface area contributed by atoms with Crippen LogP contribution in [0.1, 0.15) is 5.56 Å². The van der Waals surface area contributed by atoms with Gasteiger partial charge < -0.3 is 10.1 Å². The summed E-state index contributed by atoms with van der Waals surface area (Å²) in [5, 5.41) is 18.2. The Morgan fingerprint density at radius 3 is 2.81 bits per heavy atom. The summed E-state index contributed by atoms with van der Waals surface area (Å²) in [5.41, 5.74) is 2.54. The molecule has 8 nitrogen and oxygen atoms in total. The number of hydrogen-bond acceptors (Lipinski definition) is 4. The molecule has 4 N–H and O–H groups in total. The van der Waals surface area contributed by atoms with Crippen LogP contribution in [0, 0.1) is 12.7 Å². The molecule has 130 valence electrons. The monoisotopic (exact) mass is 353 g/mol. The first-order valence-electron chi connectivity index (χ1n) is 7.61. The maximum Gasteiger partial charge on any atom is 0.411 e. The number of aromatic amines is 2. The van der Waals surface area contributed by atoms with Crippen LogP contribution in [0.3, 0.4) is 0 Å². The standard InChI is InChI=1S/C17H12FN5O3/c1-7-9(4-5-12-13(7)20-16(19-12)21-17(25)26)14-11-6-8(18)2-3-10(11)15(24)23-22-14/h2-6H,1H3,(H,23,24)(H,25,26)(H2,19,20,21). The molecular weight excluding hydrogens is 341 g/mol. The number of amides is 1. The zero-order valence-electron chi connectivity index (χ0n) is 13.4. The Morgan fingerprint density at radius 2 is 2.04 bits per heavy atom. The Kier molecular flexibility index (Phi) is 3.43. The minimum Gasteiger partial charge on any atom is -0.465 e. The summed E-state index contributed by atoms with van der Waals surface area (Å²) in [6.07, 6.45) is -1.23. The van der Waals surface area contributed by atoms with Crippen LogP contribution in [0.4, 0.5) is 15.1 Å². The highest BCUT2D eigenvalue weighted by Crippen LogP contribution is 2.31. The van der Waals surface area contributed by atoms with Crippen LogP contribution in [0.5, 0.6) is 0 Å². The molecule has 0 saturated heterocycles. The second kappa shape index (κ2) is 5.66. The van der Waals surface area contributed by atoms with Gasteiger partial charge in [-0.1, -0.05) is 6.07 Å². The highest BCUT2D eigenvalue weighted by Gasteiger charge is 2.16. The lowest BCUT2D eigenvalue weighted by atomic mass is 10.00. The molecule has 0 aliphatic rings. The van der Waals surface area contributed by atoms with Gasteiger partial charge in [0.25, 0.3) is 5.56 Å². The fraction of sp³-hybridized carbons (Fsp3) is 0.0588. The Labute approximate surface area is 144 Å². The van der Waals surface area contributed by atoms with E-state index >= 15 is 0 Å². The zero-order chi connectivity index (χ0) is 18.4. The smallest absolute Gasteiger partial charge is 0.411 e. The molecule has 1 amide bonds. The Bertz CT molecular complexity index is 1240. The normalized spacial score (nSPS) is 11.2. The maximum absolute atomic E-state index is 13.7. The molecule has 0 aliphatic carbocycles. The summed E-state index contributed by atoms with van der Waals surface area (Å²) in [7, 11) is 0. The van der Waals surface area contributed by atoms with Crippen molar-refractivity contribution in [2.24, 2.45) is 0 Å². The van der Waals surface area contributed by atoms with Gasteiger partial charge in [0.1, 0.15) is 5.82 Å². The number of hydrogen-bond donors (Lipinski definition) is 4. The third kappa shape index (κ3) is 2.46. The lowest BCUT2D eigenvalue weighted by Gasteiger charge is -2.08. The number of nitrogens with one attached hydrogen (secondary N) is 3. The SMILES string of the molecule is Cc1c(-c2n[nH]c(=O)c3ccc(F)cc23)ccc2[nH]c(NC(=O)O)nc12. The Balaban J connectivity index is 1.97. The third-order valence-corrected chi connectivity index (χ3v) is 4.14. The van der Waals surface area contributed by atoms with E-state index in [9.17, 15) is 14.0 Å². The van der Waals surface area contributed by atoms with Gasteiger partial charge in [0.15, 0.2) is 0 Å². The summed E-state index contributed by atoms with van der Waals surface area (Å²) in [5.74, 6) is -0.379. The number of anilines is 1. The van der Waals surface area contributed by atoms with Gasteiger partial charge in [-0.05, 0) is 36.8 Å². The number of rotatable bonds is 2. The number of nitrogens with zero attached hydrogens (tertiary/aromatic N) is 2. The number of halogens is 1. The van der Waals surface area contributed by atoms with Gasteiger partial charge in [0.05, 0.1) is 22.1 Å². The van der Waals surface area contributed by atoms with Crippen LogP contribution in [-0.2, 0) is 0 Å². The molecule has 9 heteroatoms. The molecule has 0 radical (unpaired) electrons. The third-order valence-electron chi connectivity index (χ3n) is 4.14. The number of carbonyl (C=O) groups is 1. The summed E-state index contributed by atoms with van der Waals surface area (Å²) in [6.45, 7) is 1.79. The second-order valence-electron chi connectivity index (χ2n) is 5.74. The molecule has 4 rings (SSSR count). The minimum atomic E-state index is -1.23. The molecule has 2 heterocycles.